The van der Waals surface area contributed by atoms with Gasteiger partial charge < -0.3 is 0 Å². The van der Waals surface area contributed by atoms with Crippen molar-refractivity contribution in [2.45, 2.75) is 13.0 Å². The standard InChI is InChI=1S/C14H14BrFN2/c1-9-8-10(15)6-7-11(9)14(18-17)12-4-2-3-5-13(12)16/h2-8,14,18H,17H2,1H3. The topological polar surface area (TPSA) is 38.0 Å². The van der Waals surface area contributed by atoms with E-state index < -0.39 is 0 Å². The molecule has 0 amide bonds. The molecule has 94 valence electrons. The lowest BCUT2D eigenvalue weighted by Crippen LogP contribution is -2.30. The highest BCUT2D eigenvalue weighted by Crippen LogP contribution is 2.27. The molecule has 4 heteroatoms. The van der Waals surface area contributed by atoms with Gasteiger partial charge in [-0.2, -0.15) is 0 Å². The van der Waals surface area contributed by atoms with Gasteiger partial charge in [0.25, 0.3) is 0 Å². The minimum Gasteiger partial charge on any atom is -0.271 e. The largest absolute Gasteiger partial charge is 0.271 e. The number of nitrogens with two attached hydrogens (primary N) is 1. The van der Waals surface area contributed by atoms with E-state index in [0.717, 1.165) is 15.6 Å². The Labute approximate surface area is 114 Å². The summed E-state index contributed by atoms with van der Waals surface area (Å²) < 4.78 is 14.8. The van der Waals surface area contributed by atoms with Gasteiger partial charge in [-0.05, 0) is 36.2 Å². The van der Waals surface area contributed by atoms with Crippen molar-refractivity contribution in [3.8, 4) is 0 Å². The minimum atomic E-state index is -0.348. The molecule has 0 heterocycles. The first-order valence-electron chi connectivity index (χ1n) is 5.60. The quantitative estimate of drug-likeness (QED) is 0.673. The van der Waals surface area contributed by atoms with Gasteiger partial charge in [-0.3, -0.25) is 5.84 Å². The predicted molar refractivity (Wildman–Crippen MR) is 74.4 cm³/mol. The molecule has 0 aromatic heterocycles. The summed E-state index contributed by atoms with van der Waals surface area (Å²) in [6, 6.07) is 12.1. The number of rotatable bonds is 3. The van der Waals surface area contributed by atoms with Crippen molar-refractivity contribution in [1.29, 1.82) is 0 Å². The van der Waals surface area contributed by atoms with E-state index in [4.69, 9.17) is 5.84 Å². The molecule has 0 aliphatic carbocycles. The molecule has 0 spiro atoms. The number of benzene rings is 2. The highest BCUT2D eigenvalue weighted by molar-refractivity contribution is 9.10. The van der Waals surface area contributed by atoms with Gasteiger partial charge in [0.15, 0.2) is 0 Å². The molecule has 1 atom stereocenters. The van der Waals surface area contributed by atoms with Crippen LogP contribution in [0.25, 0.3) is 0 Å². The van der Waals surface area contributed by atoms with Crippen LogP contribution in [-0.4, -0.2) is 0 Å². The van der Waals surface area contributed by atoms with E-state index in [2.05, 4.69) is 21.4 Å². The normalized spacial score (nSPS) is 12.4. The van der Waals surface area contributed by atoms with Crippen molar-refractivity contribution in [3.63, 3.8) is 0 Å². The summed E-state index contributed by atoms with van der Waals surface area (Å²) in [4.78, 5) is 0. The molecule has 0 saturated carbocycles. The van der Waals surface area contributed by atoms with E-state index in [1.807, 2.05) is 25.1 Å². The molecule has 2 rings (SSSR count). The molecular formula is C14H14BrFN2. The molecular weight excluding hydrogens is 295 g/mol. The van der Waals surface area contributed by atoms with E-state index in [0.29, 0.717) is 5.56 Å². The van der Waals surface area contributed by atoms with Crippen molar-refractivity contribution in [2.24, 2.45) is 5.84 Å². The Hall–Kier alpha value is -1.23. The molecule has 18 heavy (non-hydrogen) atoms. The SMILES string of the molecule is Cc1cc(Br)ccc1C(NN)c1ccccc1F. The summed E-state index contributed by atoms with van der Waals surface area (Å²) in [5.41, 5.74) is 5.24. The molecule has 0 radical (unpaired) electrons. The van der Waals surface area contributed by atoms with Crippen LogP contribution in [0.2, 0.25) is 0 Å². The van der Waals surface area contributed by atoms with Gasteiger partial charge in [0.1, 0.15) is 5.82 Å². The van der Waals surface area contributed by atoms with Crippen molar-refractivity contribution in [3.05, 3.63) is 69.4 Å². The van der Waals surface area contributed by atoms with E-state index in [9.17, 15) is 4.39 Å². The zero-order valence-electron chi connectivity index (χ0n) is 9.95. The van der Waals surface area contributed by atoms with E-state index in [-0.39, 0.29) is 11.9 Å². The molecule has 3 N–H and O–H groups in total. The van der Waals surface area contributed by atoms with Gasteiger partial charge in [0, 0.05) is 10.0 Å². The molecule has 0 aliphatic rings. The van der Waals surface area contributed by atoms with Crippen molar-refractivity contribution < 1.29 is 4.39 Å². The summed E-state index contributed by atoms with van der Waals surface area (Å²) in [5.74, 6) is 5.32. The Morgan fingerprint density at radius 3 is 2.50 bits per heavy atom. The van der Waals surface area contributed by atoms with Gasteiger partial charge in [-0.1, -0.05) is 40.2 Å². The van der Waals surface area contributed by atoms with Gasteiger partial charge in [0.05, 0.1) is 6.04 Å². The third-order valence-corrected chi connectivity index (χ3v) is 3.42. The summed E-state index contributed by atoms with van der Waals surface area (Å²) >= 11 is 3.41. The first-order valence-corrected chi connectivity index (χ1v) is 6.39. The number of halogens is 2. The van der Waals surface area contributed by atoms with E-state index in [1.165, 1.54) is 6.07 Å². The average molecular weight is 309 g/mol. The van der Waals surface area contributed by atoms with Crippen LogP contribution in [0.3, 0.4) is 0 Å². The van der Waals surface area contributed by atoms with Gasteiger partial charge >= 0.3 is 0 Å². The van der Waals surface area contributed by atoms with Crippen LogP contribution in [0, 0.1) is 12.7 Å². The summed E-state index contributed by atoms with van der Waals surface area (Å²) in [6.07, 6.45) is 0. The monoisotopic (exact) mass is 308 g/mol. The Bertz CT molecular complexity index is 557. The average Bonchev–Trinajstić information content (AvgIpc) is 2.34. The summed E-state index contributed by atoms with van der Waals surface area (Å²) in [6.45, 7) is 1.98. The summed E-state index contributed by atoms with van der Waals surface area (Å²) in [5, 5.41) is 0. The van der Waals surface area contributed by atoms with Gasteiger partial charge in [-0.25, -0.2) is 9.82 Å². The first-order chi connectivity index (χ1) is 8.63. The smallest absolute Gasteiger partial charge is 0.128 e. The Morgan fingerprint density at radius 1 is 1.17 bits per heavy atom. The van der Waals surface area contributed by atoms with Crippen LogP contribution in [0.4, 0.5) is 4.39 Å². The van der Waals surface area contributed by atoms with Gasteiger partial charge in [0.2, 0.25) is 0 Å². The van der Waals surface area contributed by atoms with Crippen molar-refractivity contribution in [2.75, 3.05) is 0 Å². The Morgan fingerprint density at radius 2 is 1.89 bits per heavy atom. The van der Waals surface area contributed by atoms with E-state index in [1.54, 1.807) is 18.2 Å². The molecule has 0 aliphatic heterocycles. The van der Waals surface area contributed by atoms with Crippen molar-refractivity contribution in [1.82, 2.24) is 5.43 Å². The molecule has 0 fully saturated rings. The van der Waals surface area contributed by atoms with Crippen LogP contribution in [0.5, 0.6) is 0 Å². The molecule has 2 aromatic rings. The lowest BCUT2D eigenvalue weighted by Gasteiger charge is -2.19. The molecule has 0 bridgehead atoms. The number of aryl methyl sites for hydroxylation is 1. The Kier molecular flexibility index (Phi) is 4.11. The van der Waals surface area contributed by atoms with Crippen LogP contribution >= 0.6 is 15.9 Å². The zero-order valence-corrected chi connectivity index (χ0v) is 11.5. The molecule has 2 aromatic carbocycles. The van der Waals surface area contributed by atoms with Crippen LogP contribution in [-0.2, 0) is 0 Å². The third-order valence-electron chi connectivity index (χ3n) is 2.93. The van der Waals surface area contributed by atoms with Crippen LogP contribution in [0.1, 0.15) is 22.7 Å². The predicted octanol–water partition coefficient (Wildman–Crippen LogP) is 3.45. The number of hydrazine groups is 1. The fourth-order valence-electron chi connectivity index (χ4n) is 2.02. The molecule has 0 saturated heterocycles. The fourth-order valence-corrected chi connectivity index (χ4v) is 2.49. The fraction of sp³-hybridized carbons (Fsp3) is 0.143. The third kappa shape index (κ3) is 2.61. The Balaban J connectivity index is 2.49. The van der Waals surface area contributed by atoms with Crippen LogP contribution < -0.4 is 11.3 Å². The zero-order chi connectivity index (χ0) is 13.1. The highest BCUT2D eigenvalue weighted by atomic mass is 79.9. The molecule has 2 nitrogen and oxygen atoms in total. The lowest BCUT2D eigenvalue weighted by atomic mass is 9.95. The van der Waals surface area contributed by atoms with Crippen LogP contribution in [0.15, 0.2) is 46.9 Å². The second-order valence-corrected chi connectivity index (χ2v) is 5.04. The highest BCUT2D eigenvalue weighted by Gasteiger charge is 2.17. The maximum Gasteiger partial charge on any atom is 0.128 e. The maximum absolute atomic E-state index is 13.8. The second kappa shape index (κ2) is 5.61. The summed E-state index contributed by atoms with van der Waals surface area (Å²) in [7, 11) is 0. The molecule has 1 unspecified atom stereocenters. The maximum atomic E-state index is 13.8. The minimum absolute atomic E-state index is 0.261. The van der Waals surface area contributed by atoms with Crippen molar-refractivity contribution >= 4 is 15.9 Å². The van der Waals surface area contributed by atoms with Gasteiger partial charge in [-0.15, -0.1) is 0 Å². The number of nitrogens with one attached hydrogen (secondary N) is 1. The number of hydrogen-bond donors (Lipinski definition) is 2. The van der Waals surface area contributed by atoms with E-state index >= 15 is 0 Å². The first kappa shape index (κ1) is 13.2. The number of hydrogen-bond acceptors (Lipinski definition) is 2. The second-order valence-electron chi connectivity index (χ2n) is 4.12. The lowest BCUT2D eigenvalue weighted by molar-refractivity contribution is 0.559.